The number of nitrogens with zero attached hydrogens (tertiary/aromatic N) is 2. The number of likely N-dealkylation sites (tertiary alicyclic amines) is 1. The Bertz CT molecular complexity index is 228. The average Bonchev–Trinajstić information content (AvgIpc) is 2.15. The summed E-state index contributed by atoms with van der Waals surface area (Å²) < 4.78 is 0. The van der Waals surface area contributed by atoms with Gasteiger partial charge >= 0.3 is 0 Å². The van der Waals surface area contributed by atoms with Crippen LogP contribution in [0.2, 0.25) is 0 Å². The number of hydrogen-bond donors (Lipinski definition) is 0. The first-order valence-corrected chi connectivity index (χ1v) is 6.13. The lowest BCUT2D eigenvalue weighted by Crippen LogP contribution is -2.47. The summed E-state index contributed by atoms with van der Waals surface area (Å²) in [5.41, 5.74) is 0. The van der Waals surface area contributed by atoms with Gasteiger partial charge in [-0.3, -0.25) is 4.79 Å². The summed E-state index contributed by atoms with van der Waals surface area (Å²) in [4.78, 5) is 16.3. The van der Waals surface area contributed by atoms with E-state index in [1.807, 2.05) is 0 Å². The van der Waals surface area contributed by atoms with Crippen molar-refractivity contribution in [1.82, 2.24) is 9.80 Å². The summed E-state index contributed by atoms with van der Waals surface area (Å²) >= 11 is 0. The zero-order valence-corrected chi connectivity index (χ0v) is 9.91. The van der Waals surface area contributed by atoms with Crippen LogP contribution in [0.15, 0.2) is 0 Å². The van der Waals surface area contributed by atoms with Gasteiger partial charge in [-0.15, -0.1) is 0 Å². The van der Waals surface area contributed by atoms with Gasteiger partial charge in [0.25, 0.3) is 0 Å². The highest BCUT2D eigenvalue weighted by Gasteiger charge is 2.31. The number of piperidine rings is 1. The minimum atomic E-state index is 0.376. The van der Waals surface area contributed by atoms with E-state index < -0.39 is 0 Å². The molecule has 0 bridgehead atoms. The third-order valence-electron chi connectivity index (χ3n) is 3.96. The summed E-state index contributed by atoms with van der Waals surface area (Å²) in [6, 6.07) is 0.676. The number of hydrogen-bond acceptors (Lipinski definition) is 2. The first-order chi connectivity index (χ1) is 7.18. The smallest absolute Gasteiger partial charge is 0.225 e. The van der Waals surface area contributed by atoms with Gasteiger partial charge in [-0.05, 0) is 39.8 Å². The molecule has 0 unspecified atom stereocenters. The van der Waals surface area contributed by atoms with Crippen LogP contribution in [-0.4, -0.2) is 48.9 Å². The standard InChI is InChI=1S/C12H22N2O/c1-13(2)11-6-8-14(9-7-11)12(15)10-4-3-5-10/h10-11H,3-9H2,1-2H3. The van der Waals surface area contributed by atoms with Crippen LogP contribution in [0.4, 0.5) is 0 Å². The van der Waals surface area contributed by atoms with Crippen LogP contribution in [0, 0.1) is 5.92 Å². The Morgan fingerprint density at radius 3 is 2.13 bits per heavy atom. The summed E-state index contributed by atoms with van der Waals surface area (Å²) in [5, 5.41) is 0. The molecule has 3 nitrogen and oxygen atoms in total. The van der Waals surface area contributed by atoms with Crippen molar-refractivity contribution in [2.45, 2.75) is 38.1 Å². The molecule has 2 aliphatic rings. The van der Waals surface area contributed by atoms with E-state index in [9.17, 15) is 4.79 Å². The topological polar surface area (TPSA) is 23.6 Å². The lowest BCUT2D eigenvalue weighted by Gasteiger charge is -2.38. The van der Waals surface area contributed by atoms with Crippen LogP contribution < -0.4 is 0 Å². The van der Waals surface area contributed by atoms with Gasteiger partial charge < -0.3 is 9.80 Å². The van der Waals surface area contributed by atoms with Crippen LogP contribution >= 0.6 is 0 Å². The molecule has 2 rings (SSSR count). The second-order valence-corrected chi connectivity index (χ2v) is 5.15. The van der Waals surface area contributed by atoms with Gasteiger partial charge in [0.2, 0.25) is 5.91 Å². The van der Waals surface area contributed by atoms with Gasteiger partial charge in [0.15, 0.2) is 0 Å². The molecule has 0 spiro atoms. The Morgan fingerprint density at radius 1 is 1.13 bits per heavy atom. The fourth-order valence-electron chi connectivity index (χ4n) is 2.52. The first-order valence-electron chi connectivity index (χ1n) is 6.13. The van der Waals surface area contributed by atoms with Crippen LogP contribution in [0.25, 0.3) is 0 Å². The molecule has 0 aromatic heterocycles. The van der Waals surface area contributed by atoms with Crippen LogP contribution in [0.5, 0.6) is 0 Å². The summed E-state index contributed by atoms with van der Waals surface area (Å²) in [7, 11) is 4.27. The Morgan fingerprint density at radius 2 is 1.73 bits per heavy atom. The number of rotatable bonds is 2. The maximum absolute atomic E-state index is 12.0. The summed E-state index contributed by atoms with van der Waals surface area (Å²) in [5.74, 6) is 0.805. The second-order valence-electron chi connectivity index (χ2n) is 5.15. The minimum absolute atomic E-state index is 0.376. The van der Waals surface area contributed by atoms with Gasteiger partial charge in [0, 0.05) is 25.0 Å². The van der Waals surface area contributed by atoms with Crippen LogP contribution in [0.3, 0.4) is 0 Å². The van der Waals surface area contributed by atoms with Crippen LogP contribution in [0.1, 0.15) is 32.1 Å². The molecule has 0 N–H and O–H groups in total. The highest BCUT2D eigenvalue weighted by Crippen LogP contribution is 2.29. The average molecular weight is 210 g/mol. The SMILES string of the molecule is CN(C)C1CCN(C(=O)C2CCC2)CC1. The van der Waals surface area contributed by atoms with Crippen molar-refractivity contribution in [2.24, 2.45) is 5.92 Å². The van der Waals surface area contributed by atoms with Gasteiger partial charge in [-0.25, -0.2) is 0 Å². The Labute approximate surface area is 92.4 Å². The quantitative estimate of drug-likeness (QED) is 0.686. The molecule has 1 amide bonds. The molecule has 0 atom stereocenters. The molecule has 0 aromatic carbocycles. The van der Waals surface area contributed by atoms with Crippen LogP contribution in [-0.2, 0) is 4.79 Å². The molecule has 2 fully saturated rings. The summed E-state index contributed by atoms with van der Waals surface area (Å²) in [6.07, 6.45) is 5.81. The predicted molar refractivity (Wildman–Crippen MR) is 60.6 cm³/mol. The Kier molecular flexibility index (Phi) is 3.29. The van der Waals surface area contributed by atoms with Gasteiger partial charge in [-0.2, -0.15) is 0 Å². The second kappa shape index (κ2) is 4.52. The minimum Gasteiger partial charge on any atom is -0.342 e. The molecule has 1 aliphatic carbocycles. The zero-order chi connectivity index (χ0) is 10.8. The lowest BCUT2D eigenvalue weighted by molar-refractivity contribution is -0.139. The fourth-order valence-corrected chi connectivity index (χ4v) is 2.52. The van der Waals surface area contributed by atoms with Crippen molar-refractivity contribution in [3.05, 3.63) is 0 Å². The van der Waals surface area contributed by atoms with Gasteiger partial charge in [-0.1, -0.05) is 6.42 Å². The highest BCUT2D eigenvalue weighted by molar-refractivity contribution is 5.79. The molecule has 1 aliphatic heterocycles. The molecule has 1 heterocycles. The van der Waals surface area contributed by atoms with Crippen molar-refractivity contribution >= 4 is 5.91 Å². The van der Waals surface area contributed by atoms with Crippen molar-refractivity contribution in [3.8, 4) is 0 Å². The monoisotopic (exact) mass is 210 g/mol. The van der Waals surface area contributed by atoms with E-state index in [0.717, 1.165) is 38.8 Å². The largest absolute Gasteiger partial charge is 0.342 e. The molecule has 1 saturated heterocycles. The molecule has 3 heteroatoms. The zero-order valence-electron chi connectivity index (χ0n) is 9.91. The van der Waals surface area contributed by atoms with E-state index in [-0.39, 0.29) is 0 Å². The first kappa shape index (κ1) is 10.9. The third kappa shape index (κ3) is 2.33. The number of carbonyl (C=O) groups is 1. The molecule has 86 valence electrons. The summed E-state index contributed by atoms with van der Waals surface area (Å²) in [6.45, 7) is 1.94. The molecule has 0 radical (unpaired) electrons. The third-order valence-corrected chi connectivity index (χ3v) is 3.96. The Balaban J connectivity index is 1.79. The van der Waals surface area contributed by atoms with E-state index in [0.29, 0.717) is 17.9 Å². The van der Waals surface area contributed by atoms with E-state index in [1.54, 1.807) is 0 Å². The maximum atomic E-state index is 12.0. The van der Waals surface area contributed by atoms with Crippen molar-refractivity contribution in [1.29, 1.82) is 0 Å². The van der Waals surface area contributed by atoms with E-state index in [2.05, 4.69) is 23.9 Å². The number of amides is 1. The lowest BCUT2D eigenvalue weighted by atomic mass is 9.84. The number of carbonyl (C=O) groups excluding carboxylic acids is 1. The van der Waals surface area contributed by atoms with Crippen molar-refractivity contribution in [3.63, 3.8) is 0 Å². The van der Waals surface area contributed by atoms with E-state index in [4.69, 9.17) is 0 Å². The van der Waals surface area contributed by atoms with Crippen molar-refractivity contribution < 1.29 is 4.79 Å². The van der Waals surface area contributed by atoms with Gasteiger partial charge in [0.1, 0.15) is 0 Å². The maximum Gasteiger partial charge on any atom is 0.225 e. The van der Waals surface area contributed by atoms with Gasteiger partial charge in [0.05, 0.1) is 0 Å². The fraction of sp³-hybridized carbons (Fsp3) is 0.917. The molecular weight excluding hydrogens is 188 g/mol. The molecule has 1 saturated carbocycles. The predicted octanol–water partition coefficient (Wildman–Crippen LogP) is 1.34. The highest BCUT2D eigenvalue weighted by atomic mass is 16.2. The van der Waals surface area contributed by atoms with E-state index in [1.165, 1.54) is 6.42 Å². The Hall–Kier alpha value is -0.570. The molecule has 0 aromatic rings. The molecular formula is C12H22N2O. The van der Waals surface area contributed by atoms with E-state index >= 15 is 0 Å². The van der Waals surface area contributed by atoms with Crippen molar-refractivity contribution in [2.75, 3.05) is 27.2 Å². The normalized spacial score (nSPS) is 24.3. The molecule has 15 heavy (non-hydrogen) atoms.